The molecule has 0 amide bonds. The van der Waals surface area contributed by atoms with Crippen molar-refractivity contribution >= 4 is 45.4 Å². The lowest BCUT2D eigenvalue weighted by Gasteiger charge is -2.41. The van der Waals surface area contributed by atoms with E-state index in [0.717, 1.165) is 6.92 Å². The van der Waals surface area contributed by atoms with Crippen LogP contribution in [0.25, 0.3) is 10.4 Å². The SMILES string of the molecule is CC(=O)OC[C@H]1OC(Br)[C@H](N=[N+]=[N-])[C@@H](OC(=O)CCl)[C@@H]1OC(C)=O. The molecule has 1 aliphatic heterocycles. The number of halogens is 2. The minimum atomic E-state index is -1.17. The van der Waals surface area contributed by atoms with Gasteiger partial charge in [0.25, 0.3) is 0 Å². The molecule has 1 rings (SSSR count). The zero-order chi connectivity index (χ0) is 18.3. The van der Waals surface area contributed by atoms with Crippen LogP contribution >= 0.6 is 27.5 Å². The van der Waals surface area contributed by atoms with Crippen molar-refractivity contribution < 1.29 is 33.3 Å². The summed E-state index contributed by atoms with van der Waals surface area (Å²) in [5, 5.41) is 2.64. The van der Waals surface area contributed by atoms with Gasteiger partial charge in [-0.1, -0.05) is 21.0 Å². The second-order valence-corrected chi connectivity index (χ2v) is 5.86. The van der Waals surface area contributed by atoms with E-state index in [1.807, 2.05) is 0 Å². The average Bonchev–Trinajstić information content (AvgIpc) is 2.50. The van der Waals surface area contributed by atoms with Gasteiger partial charge in [0.15, 0.2) is 12.2 Å². The minimum Gasteiger partial charge on any atom is -0.463 e. The summed E-state index contributed by atoms with van der Waals surface area (Å²) in [5.74, 6) is -2.51. The number of carbonyl (C=O) groups excluding carboxylic acids is 3. The molecule has 5 atom stereocenters. The summed E-state index contributed by atoms with van der Waals surface area (Å²) >= 11 is 8.58. The predicted molar refractivity (Wildman–Crippen MR) is 83.3 cm³/mol. The van der Waals surface area contributed by atoms with Gasteiger partial charge < -0.3 is 18.9 Å². The van der Waals surface area contributed by atoms with E-state index in [4.69, 9.17) is 36.1 Å². The number of alkyl halides is 2. The smallest absolute Gasteiger partial charge is 0.321 e. The minimum absolute atomic E-state index is 0.257. The van der Waals surface area contributed by atoms with Crippen LogP contribution in [0.3, 0.4) is 0 Å². The monoisotopic (exact) mass is 427 g/mol. The Bertz CT molecular complexity index is 543. The molecule has 0 aromatic rings. The normalized spacial score (nSPS) is 29.1. The third-order valence-electron chi connectivity index (χ3n) is 2.91. The predicted octanol–water partition coefficient (Wildman–Crippen LogP) is 1.43. The number of hydrogen-bond acceptors (Lipinski definition) is 8. The molecule has 0 aromatic carbocycles. The lowest BCUT2D eigenvalue weighted by molar-refractivity contribution is -0.207. The second-order valence-electron chi connectivity index (χ2n) is 4.69. The van der Waals surface area contributed by atoms with Crippen molar-refractivity contribution in [1.29, 1.82) is 0 Å². The van der Waals surface area contributed by atoms with Gasteiger partial charge in [-0.05, 0) is 5.53 Å². The van der Waals surface area contributed by atoms with E-state index in [-0.39, 0.29) is 6.61 Å². The lowest BCUT2D eigenvalue weighted by atomic mass is 9.98. The molecule has 1 fully saturated rings. The molecular weight excluding hydrogens is 414 g/mol. The molecule has 1 aliphatic rings. The Morgan fingerprint density at radius 1 is 1.25 bits per heavy atom. The first-order valence-electron chi connectivity index (χ1n) is 6.70. The first-order valence-corrected chi connectivity index (χ1v) is 8.15. The standard InChI is InChI=1S/C12H15BrClN3O7/c1-5(18)21-4-7-10(22-6(2)19)11(24-8(20)3-14)9(16-17-15)12(13)23-7/h7,9-12H,3-4H2,1-2H3/t7-,9-,10-,11-,12?/m1/s1. The molecular formula is C12H15BrClN3O7. The Balaban J connectivity index is 3.13. The maximum absolute atomic E-state index is 11.6. The number of hydrogen-bond donors (Lipinski definition) is 0. The van der Waals surface area contributed by atoms with Gasteiger partial charge in [0.05, 0.1) is 0 Å². The van der Waals surface area contributed by atoms with Crippen LogP contribution in [-0.2, 0) is 33.3 Å². The van der Waals surface area contributed by atoms with Crippen LogP contribution < -0.4 is 0 Å². The van der Waals surface area contributed by atoms with Gasteiger partial charge in [-0.3, -0.25) is 14.4 Å². The lowest BCUT2D eigenvalue weighted by Crippen LogP contribution is -2.59. The summed E-state index contributed by atoms with van der Waals surface area (Å²) in [5.41, 5.74) is 8.69. The van der Waals surface area contributed by atoms with E-state index in [2.05, 4.69) is 26.0 Å². The molecule has 0 aliphatic carbocycles. The molecule has 0 aromatic heterocycles. The van der Waals surface area contributed by atoms with Crippen LogP contribution in [0.2, 0.25) is 0 Å². The fourth-order valence-electron chi connectivity index (χ4n) is 2.05. The second kappa shape index (κ2) is 9.67. The summed E-state index contributed by atoms with van der Waals surface area (Å²) in [6.45, 7) is 2.09. The first-order chi connectivity index (χ1) is 11.3. The Labute approximate surface area is 150 Å². The molecule has 0 radical (unpaired) electrons. The van der Waals surface area contributed by atoms with Crippen LogP contribution in [0.15, 0.2) is 5.11 Å². The third-order valence-corrected chi connectivity index (χ3v) is 3.89. The average molecular weight is 429 g/mol. The van der Waals surface area contributed by atoms with Crippen LogP contribution in [0, 0.1) is 0 Å². The summed E-state index contributed by atoms with van der Waals surface area (Å²) < 4.78 is 20.7. The number of azide groups is 1. The van der Waals surface area contributed by atoms with E-state index in [1.165, 1.54) is 6.92 Å². The largest absolute Gasteiger partial charge is 0.463 e. The van der Waals surface area contributed by atoms with Gasteiger partial charge >= 0.3 is 17.9 Å². The maximum atomic E-state index is 11.6. The van der Waals surface area contributed by atoms with Crippen molar-refractivity contribution in [3.8, 4) is 0 Å². The summed E-state index contributed by atoms with van der Waals surface area (Å²) in [6.07, 6.45) is -3.27. The first kappa shape index (κ1) is 20.5. The van der Waals surface area contributed by atoms with Gasteiger partial charge in [-0.2, -0.15) is 0 Å². The highest BCUT2D eigenvalue weighted by Gasteiger charge is 2.49. The van der Waals surface area contributed by atoms with Gasteiger partial charge in [0.2, 0.25) is 0 Å². The number of carbonyl (C=O) groups is 3. The molecule has 10 nitrogen and oxygen atoms in total. The molecule has 1 saturated heterocycles. The summed E-state index contributed by atoms with van der Waals surface area (Å²) in [4.78, 5) is 36.6. The van der Waals surface area contributed by atoms with Crippen molar-refractivity contribution in [2.75, 3.05) is 12.5 Å². The molecule has 0 spiro atoms. The highest BCUT2D eigenvalue weighted by Crippen LogP contribution is 2.31. The quantitative estimate of drug-likeness (QED) is 0.156. The van der Waals surface area contributed by atoms with Crippen molar-refractivity contribution in [2.45, 2.75) is 43.2 Å². The van der Waals surface area contributed by atoms with Crippen molar-refractivity contribution in [3.63, 3.8) is 0 Å². The van der Waals surface area contributed by atoms with Gasteiger partial charge in [0, 0.05) is 18.8 Å². The van der Waals surface area contributed by atoms with Crippen LogP contribution in [0.1, 0.15) is 13.8 Å². The van der Waals surface area contributed by atoms with Crippen molar-refractivity contribution in [3.05, 3.63) is 10.4 Å². The zero-order valence-electron chi connectivity index (χ0n) is 12.8. The molecule has 1 heterocycles. The molecule has 24 heavy (non-hydrogen) atoms. The number of rotatable bonds is 6. The Hall–Kier alpha value is -1.55. The van der Waals surface area contributed by atoms with E-state index >= 15 is 0 Å². The summed E-state index contributed by atoms with van der Waals surface area (Å²) in [7, 11) is 0. The van der Waals surface area contributed by atoms with E-state index in [1.54, 1.807) is 0 Å². The zero-order valence-corrected chi connectivity index (χ0v) is 15.1. The molecule has 1 unspecified atom stereocenters. The summed E-state index contributed by atoms with van der Waals surface area (Å²) in [6, 6.07) is -1.03. The maximum Gasteiger partial charge on any atom is 0.321 e. The van der Waals surface area contributed by atoms with Gasteiger partial charge in [0.1, 0.15) is 29.6 Å². The molecule has 0 bridgehead atoms. The Kier molecular flexibility index (Phi) is 8.26. The van der Waals surface area contributed by atoms with Crippen molar-refractivity contribution in [1.82, 2.24) is 0 Å². The van der Waals surface area contributed by atoms with Crippen LogP contribution in [0.5, 0.6) is 0 Å². The Morgan fingerprint density at radius 2 is 1.92 bits per heavy atom. The van der Waals surface area contributed by atoms with E-state index < -0.39 is 53.2 Å². The van der Waals surface area contributed by atoms with Gasteiger partial charge in [-0.15, -0.1) is 11.6 Å². The Morgan fingerprint density at radius 3 is 2.42 bits per heavy atom. The van der Waals surface area contributed by atoms with Crippen LogP contribution in [0.4, 0.5) is 0 Å². The molecule has 134 valence electrons. The molecule has 12 heteroatoms. The van der Waals surface area contributed by atoms with E-state index in [9.17, 15) is 14.4 Å². The van der Waals surface area contributed by atoms with Crippen LogP contribution in [-0.4, -0.2) is 59.8 Å². The van der Waals surface area contributed by atoms with Gasteiger partial charge in [-0.25, -0.2) is 0 Å². The molecule has 0 N–H and O–H groups in total. The number of esters is 3. The van der Waals surface area contributed by atoms with Crippen molar-refractivity contribution in [2.24, 2.45) is 5.11 Å². The number of ether oxygens (including phenoxy) is 4. The third kappa shape index (κ3) is 5.82. The fourth-order valence-corrected chi connectivity index (χ4v) is 2.79. The number of nitrogens with zero attached hydrogens (tertiary/aromatic N) is 3. The highest BCUT2D eigenvalue weighted by molar-refractivity contribution is 9.09. The fraction of sp³-hybridized carbons (Fsp3) is 0.750. The van der Waals surface area contributed by atoms with E-state index in [0.29, 0.717) is 0 Å². The highest BCUT2D eigenvalue weighted by atomic mass is 79.9. The topological polar surface area (TPSA) is 137 Å². The molecule has 0 saturated carbocycles.